The number of anilines is 1. The summed E-state index contributed by atoms with van der Waals surface area (Å²) in [5.74, 6) is -3.43. The molecule has 0 spiro atoms. The fourth-order valence-corrected chi connectivity index (χ4v) is 2.97. The van der Waals surface area contributed by atoms with Gasteiger partial charge in [0.1, 0.15) is 0 Å². The summed E-state index contributed by atoms with van der Waals surface area (Å²) in [5.41, 5.74) is 6.66. The number of para-hydroxylation sites is 1. The third-order valence-electron chi connectivity index (χ3n) is 2.68. The molecule has 1 aliphatic rings. The third-order valence-corrected chi connectivity index (χ3v) is 4.09. The molecular weight excluding hydrogens is 250 g/mol. The van der Waals surface area contributed by atoms with Crippen molar-refractivity contribution in [2.24, 2.45) is 5.73 Å². The first-order valence-electron chi connectivity index (χ1n) is 5.06. The lowest BCUT2D eigenvalue weighted by atomic mass is 10.0. The minimum atomic E-state index is -4.63. The van der Waals surface area contributed by atoms with E-state index >= 15 is 0 Å². The van der Waals surface area contributed by atoms with Gasteiger partial charge in [-0.25, -0.2) is 8.42 Å². The van der Waals surface area contributed by atoms with Crippen LogP contribution < -0.4 is 10.0 Å². The van der Waals surface area contributed by atoms with Crippen molar-refractivity contribution >= 4 is 15.7 Å². The first-order chi connectivity index (χ1) is 7.93. The van der Waals surface area contributed by atoms with E-state index in [-0.39, 0.29) is 6.54 Å². The van der Waals surface area contributed by atoms with E-state index in [1.54, 1.807) is 18.2 Å². The van der Waals surface area contributed by atoms with Gasteiger partial charge in [-0.1, -0.05) is 18.2 Å². The Morgan fingerprint density at radius 3 is 2.65 bits per heavy atom. The SMILES string of the molecule is NC1Cc2ccccc2N(S(=O)(=O)C(F)F)C1. The molecule has 2 rings (SSSR count). The van der Waals surface area contributed by atoms with Crippen LogP contribution in [0.2, 0.25) is 0 Å². The summed E-state index contributed by atoms with van der Waals surface area (Å²) in [6.07, 6.45) is 0.491. The van der Waals surface area contributed by atoms with Gasteiger partial charge >= 0.3 is 5.76 Å². The molecule has 0 aliphatic carbocycles. The van der Waals surface area contributed by atoms with Gasteiger partial charge in [-0.15, -0.1) is 0 Å². The van der Waals surface area contributed by atoms with Crippen molar-refractivity contribution in [3.05, 3.63) is 29.8 Å². The maximum Gasteiger partial charge on any atom is 0.355 e. The van der Waals surface area contributed by atoms with E-state index in [0.29, 0.717) is 22.0 Å². The van der Waals surface area contributed by atoms with Crippen molar-refractivity contribution in [1.29, 1.82) is 0 Å². The molecule has 0 bridgehead atoms. The number of halogens is 2. The van der Waals surface area contributed by atoms with Crippen LogP contribution in [0.15, 0.2) is 24.3 Å². The second-order valence-electron chi connectivity index (χ2n) is 3.93. The number of hydrogen-bond acceptors (Lipinski definition) is 3. The first kappa shape index (κ1) is 12.3. The van der Waals surface area contributed by atoms with E-state index in [0.717, 1.165) is 0 Å². The average molecular weight is 262 g/mol. The van der Waals surface area contributed by atoms with Crippen LogP contribution in [0.5, 0.6) is 0 Å². The van der Waals surface area contributed by atoms with E-state index in [1.807, 2.05) is 0 Å². The topological polar surface area (TPSA) is 63.4 Å². The number of sulfonamides is 1. The molecule has 1 aromatic rings. The van der Waals surface area contributed by atoms with Crippen LogP contribution in [-0.2, 0) is 16.4 Å². The van der Waals surface area contributed by atoms with Gasteiger partial charge in [0, 0.05) is 12.6 Å². The minimum absolute atomic E-state index is 0.107. The maximum atomic E-state index is 12.5. The third kappa shape index (κ3) is 2.12. The average Bonchev–Trinajstić information content (AvgIpc) is 2.27. The summed E-state index contributed by atoms with van der Waals surface area (Å²) in [6.45, 7) is -0.107. The van der Waals surface area contributed by atoms with Gasteiger partial charge in [0.05, 0.1) is 5.69 Å². The van der Waals surface area contributed by atoms with Crippen molar-refractivity contribution in [2.45, 2.75) is 18.2 Å². The van der Waals surface area contributed by atoms with Gasteiger partial charge in [0.25, 0.3) is 10.0 Å². The number of nitrogens with zero attached hydrogens (tertiary/aromatic N) is 1. The van der Waals surface area contributed by atoms with Crippen molar-refractivity contribution in [3.63, 3.8) is 0 Å². The van der Waals surface area contributed by atoms with E-state index < -0.39 is 21.8 Å². The highest BCUT2D eigenvalue weighted by atomic mass is 32.2. The van der Waals surface area contributed by atoms with E-state index in [4.69, 9.17) is 5.73 Å². The predicted molar refractivity (Wildman–Crippen MR) is 60.4 cm³/mol. The predicted octanol–water partition coefficient (Wildman–Crippen LogP) is 0.929. The molecule has 1 heterocycles. The molecule has 4 nitrogen and oxygen atoms in total. The molecule has 0 radical (unpaired) electrons. The Kier molecular flexibility index (Phi) is 3.05. The highest BCUT2D eigenvalue weighted by Crippen LogP contribution is 2.30. The zero-order valence-electron chi connectivity index (χ0n) is 8.88. The Morgan fingerprint density at radius 2 is 2.00 bits per heavy atom. The molecule has 7 heteroatoms. The second kappa shape index (κ2) is 4.23. The molecule has 1 aliphatic heterocycles. The molecule has 94 valence electrons. The Labute approximate surface area is 98.1 Å². The van der Waals surface area contributed by atoms with E-state index in [1.165, 1.54) is 6.07 Å². The molecule has 1 atom stereocenters. The standard InChI is InChI=1S/C10H12F2N2O2S/c11-10(12)17(15,16)14-6-8(13)5-7-3-1-2-4-9(7)14/h1-4,8,10H,5-6,13H2. The molecule has 0 saturated carbocycles. The summed E-state index contributed by atoms with van der Waals surface area (Å²) < 4.78 is 48.8. The Balaban J connectivity index is 2.50. The molecule has 0 saturated heterocycles. The number of benzene rings is 1. The Hall–Kier alpha value is -1.21. The van der Waals surface area contributed by atoms with Crippen molar-refractivity contribution in [3.8, 4) is 0 Å². The summed E-state index contributed by atoms with van der Waals surface area (Å²) >= 11 is 0. The number of alkyl halides is 2. The van der Waals surface area contributed by atoms with Gasteiger partial charge in [-0.2, -0.15) is 8.78 Å². The Morgan fingerprint density at radius 1 is 1.35 bits per heavy atom. The highest BCUT2D eigenvalue weighted by molar-refractivity contribution is 7.93. The zero-order valence-corrected chi connectivity index (χ0v) is 9.70. The first-order valence-corrected chi connectivity index (χ1v) is 6.56. The van der Waals surface area contributed by atoms with E-state index in [9.17, 15) is 17.2 Å². The van der Waals surface area contributed by atoms with Crippen LogP contribution in [0.3, 0.4) is 0 Å². The second-order valence-corrected chi connectivity index (χ2v) is 5.76. The minimum Gasteiger partial charge on any atom is -0.326 e. The van der Waals surface area contributed by atoms with Crippen molar-refractivity contribution in [1.82, 2.24) is 0 Å². The lowest BCUT2D eigenvalue weighted by Gasteiger charge is -2.33. The van der Waals surface area contributed by atoms with Crippen LogP contribution in [0.25, 0.3) is 0 Å². The van der Waals surface area contributed by atoms with Crippen LogP contribution in [0.4, 0.5) is 14.5 Å². The van der Waals surface area contributed by atoms with Crippen molar-refractivity contribution in [2.75, 3.05) is 10.8 Å². The zero-order chi connectivity index (χ0) is 12.6. The van der Waals surface area contributed by atoms with E-state index in [2.05, 4.69) is 0 Å². The normalized spacial score (nSPS) is 20.5. The fourth-order valence-electron chi connectivity index (χ4n) is 1.92. The molecular formula is C10H12F2N2O2S. The molecule has 0 aromatic heterocycles. The number of nitrogens with two attached hydrogens (primary N) is 1. The van der Waals surface area contributed by atoms with Crippen LogP contribution >= 0.6 is 0 Å². The molecule has 2 N–H and O–H groups in total. The molecule has 1 unspecified atom stereocenters. The summed E-state index contributed by atoms with van der Waals surface area (Å²) in [4.78, 5) is 0. The van der Waals surface area contributed by atoms with Gasteiger partial charge < -0.3 is 5.73 Å². The van der Waals surface area contributed by atoms with Crippen molar-refractivity contribution < 1.29 is 17.2 Å². The summed E-state index contributed by atoms with van der Waals surface area (Å²) in [7, 11) is -4.63. The van der Waals surface area contributed by atoms with Crippen LogP contribution in [-0.4, -0.2) is 26.8 Å². The van der Waals surface area contributed by atoms with Crippen LogP contribution in [0.1, 0.15) is 5.56 Å². The number of rotatable bonds is 2. The van der Waals surface area contributed by atoms with Gasteiger partial charge in [0.15, 0.2) is 0 Å². The number of fused-ring (bicyclic) bond motifs is 1. The van der Waals surface area contributed by atoms with Gasteiger partial charge in [-0.05, 0) is 18.1 Å². The lowest BCUT2D eigenvalue weighted by Crippen LogP contribution is -2.47. The number of hydrogen-bond donors (Lipinski definition) is 1. The fraction of sp³-hybridized carbons (Fsp3) is 0.400. The summed E-state index contributed by atoms with van der Waals surface area (Å²) in [6, 6.07) is 6.09. The summed E-state index contributed by atoms with van der Waals surface area (Å²) in [5, 5.41) is 0. The lowest BCUT2D eigenvalue weighted by molar-refractivity contribution is 0.234. The quantitative estimate of drug-likeness (QED) is 0.862. The molecule has 0 fully saturated rings. The van der Waals surface area contributed by atoms with Gasteiger partial charge in [0.2, 0.25) is 0 Å². The smallest absolute Gasteiger partial charge is 0.326 e. The molecule has 1 aromatic carbocycles. The molecule has 0 amide bonds. The monoisotopic (exact) mass is 262 g/mol. The maximum absolute atomic E-state index is 12.5. The van der Waals surface area contributed by atoms with Gasteiger partial charge in [-0.3, -0.25) is 4.31 Å². The molecule has 17 heavy (non-hydrogen) atoms. The Bertz CT molecular complexity index is 519. The largest absolute Gasteiger partial charge is 0.355 e. The highest BCUT2D eigenvalue weighted by Gasteiger charge is 2.36. The van der Waals surface area contributed by atoms with Crippen LogP contribution in [0, 0.1) is 0 Å².